The monoisotopic (exact) mass is 254 g/mol. The molecular formula is C12H14O4S. The van der Waals surface area contributed by atoms with Crippen molar-refractivity contribution in [3.05, 3.63) is 35.9 Å². The summed E-state index contributed by atoms with van der Waals surface area (Å²) in [4.78, 5) is 11.3. The van der Waals surface area contributed by atoms with Crippen molar-refractivity contribution in [2.45, 2.75) is 24.2 Å². The van der Waals surface area contributed by atoms with Crippen LogP contribution in [-0.4, -0.2) is 25.9 Å². The molecule has 0 radical (unpaired) electrons. The Morgan fingerprint density at radius 3 is 2.47 bits per heavy atom. The highest BCUT2D eigenvalue weighted by Gasteiger charge is 2.38. The van der Waals surface area contributed by atoms with Gasteiger partial charge in [-0.1, -0.05) is 30.3 Å². The van der Waals surface area contributed by atoms with E-state index in [1.54, 1.807) is 24.3 Å². The van der Waals surface area contributed by atoms with E-state index in [1.165, 1.54) is 6.26 Å². The lowest BCUT2D eigenvalue weighted by Gasteiger charge is -2.30. The first kappa shape index (κ1) is 12.1. The van der Waals surface area contributed by atoms with Gasteiger partial charge in [-0.3, -0.25) is 4.79 Å². The van der Waals surface area contributed by atoms with E-state index in [0.717, 1.165) is 5.56 Å². The Balaban J connectivity index is 2.36. The summed E-state index contributed by atoms with van der Waals surface area (Å²) >= 11 is 0. The third-order valence-electron chi connectivity index (χ3n) is 2.91. The van der Waals surface area contributed by atoms with Gasteiger partial charge in [-0.25, -0.2) is 8.42 Å². The lowest BCUT2D eigenvalue weighted by atomic mass is 10.0. The summed E-state index contributed by atoms with van der Waals surface area (Å²) in [5.74, 6) is -0.334. The predicted molar refractivity (Wildman–Crippen MR) is 63.1 cm³/mol. The molecule has 17 heavy (non-hydrogen) atoms. The van der Waals surface area contributed by atoms with Crippen LogP contribution in [0, 0.1) is 0 Å². The molecule has 1 aliphatic rings. The fourth-order valence-electron chi connectivity index (χ4n) is 2.05. The number of hydrogen-bond donors (Lipinski definition) is 0. The first-order valence-electron chi connectivity index (χ1n) is 5.42. The van der Waals surface area contributed by atoms with Crippen molar-refractivity contribution in [2.75, 3.05) is 6.26 Å². The molecule has 0 amide bonds. The van der Waals surface area contributed by atoms with E-state index < -0.39 is 21.2 Å². The van der Waals surface area contributed by atoms with Gasteiger partial charge >= 0.3 is 5.97 Å². The van der Waals surface area contributed by atoms with Crippen molar-refractivity contribution >= 4 is 15.8 Å². The Bertz CT molecular complexity index is 507. The maximum atomic E-state index is 11.7. The Morgan fingerprint density at radius 1 is 1.24 bits per heavy atom. The van der Waals surface area contributed by atoms with E-state index in [9.17, 15) is 13.2 Å². The molecule has 0 aromatic heterocycles. The lowest BCUT2D eigenvalue weighted by molar-refractivity contribution is -0.153. The van der Waals surface area contributed by atoms with Crippen molar-refractivity contribution < 1.29 is 17.9 Å². The zero-order chi connectivity index (χ0) is 12.5. The minimum atomic E-state index is -3.22. The molecule has 1 saturated heterocycles. The van der Waals surface area contributed by atoms with Crippen LogP contribution < -0.4 is 0 Å². The first-order valence-corrected chi connectivity index (χ1v) is 7.37. The van der Waals surface area contributed by atoms with Gasteiger partial charge in [0.05, 0.1) is 0 Å². The summed E-state index contributed by atoms with van der Waals surface area (Å²) in [7, 11) is -3.22. The van der Waals surface area contributed by atoms with E-state index >= 15 is 0 Å². The number of cyclic esters (lactones) is 1. The fourth-order valence-corrected chi connectivity index (χ4v) is 3.26. The molecule has 1 aromatic carbocycles. The largest absolute Gasteiger partial charge is 0.456 e. The summed E-state index contributed by atoms with van der Waals surface area (Å²) in [6, 6.07) is 9.00. The van der Waals surface area contributed by atoms with Crippen molar-refractivity contribution in [3.8, 4) is 0 Å². The molecule has 1 aromatic rings. The second-order valence-corrected chi connectivity index (χ2v) is 6.49. The van der Waals surface area contributed by atoms with E-state index in [2.05, 4.69) is 0 Å². The number of hydrogen-bond acceptors (Lipinski definition) is 4. The summed E-state index contributed by atoms with van der Waals surface area (Å²) < 4.78 is 28.6. The fraction of sp³-hybridized carbons (Fsp3) is 0.417. The van der Waals surface area contributed by atoms with Crippen LogP contribution in [0.1, 0.15) is 24.5 Å². The first-order chi connectivity index (χ1) is 7.98. The number of sulfone groups is 1. The predicted octanol–water partition coefficient (Wildman–Crippen LogP) is 1.48. The molecule has 1 heterocycles. The molecule has 1 fully saturated rings. The number of carbonyl (C=O) groups is 1. The molecule has 0 unspecified atom stereocenters. The number of benzene rings is 1. The average molecular weight is 254 g/mol. The molecular weight excluding hydrogens is 240 g/mol. The molecule has 1 aliphatic heterocycles. The average Bonchev–Trinajstić information content (AvgIpc) is 2.28. The zero-order valence-corrected chi connectivity index (χ0v) is 10.3. The number of rotatable bonds is 2. The SMILES string of the molecule is CS(=O)(=O)[C@@H]1CCC(=O)O[C@@H]1c1ccccc1. The minimum absolute atomic E-state index is 0.168. The third kappa shape index (κ3) is 2.66. The highest BCUT2D eigenvalue weighted by Crippen LogP contribution is 2.33. The Morgan fingerprint density at radius 2 is 1.88 bits per heavy atom. The Labute approximate surface area is 101 Å². The van der Waals surface area contributed by atoms with Crippen LogP contribution in [-0.2, 0) is 19.4 Å². The van der Waals surface area contributed by atoms with Gasteiger partial charge in [-0.05, 0) is 12.0 Å². The molecule has 92 valence electrons. The smallest absolute Gasteiger partial charge is 0.306 e. The Kier molecular flexibility index (Phi) is 3.19. The van der Waals surface area contributed by atoms with Crippen molar-refractivity contribution in [3.63, 3.8) is 0 Å². The highest BCUT2D eigenvalue weighted by molar-refractivity contribution is 7.91. The molecule has 0 saturated carbocycles. The summed E-state index contributed by atoms with van der Waals surface area (Å²) in [5, 5.41) is -0.636. The topological polar surface area (TPSA) is 60.4 Å². The van der Waals surface area contributed by atoms with Crippen LogP contribution in [0.5, 0.6) is 0 Å². The molecule has 4 nitrogen and oxygen atoms in total. The van der Waals surface area contributed by atoms with Crippen LogP contribution in [0.4, 0.5) is 0 Å². The molecule has 5 heteroatoms. The second-order valence-electron chi connectivity index (χ2n) is 4.23. The van der Waals surface area contributed by atoms with Crippen LogP contribution in [0.2, 0.25) is 0 Å². The third-order valence-corrected chi connectivity index (χ3v) is 4.49. The summed E-state index contributed by atoms with van der Waals surface area (Å²) in [6.07, 6.45) is 1.01. The molecule has 0 N–H and O–H groups in total. The van der Waals surface area contributed by atoms with Crippen LogP contribution in [0.3, 0.4) is 0 Å². The molecule has 0 spiro atoms. The minimum Gasteiger partial charge on any atom is -0.456 e. The van der Waals surface area contributed by atoms with Gasteiger partial charge in [0.2, 0.25) is 0 Å². The van der Waals surface area contributed by atoms with Crippen LogP contribution in [0.15, 0.2) is 30.3 Å². The quantitative estimate of drug-likeness (QED) is 0.750. The van der Waals surface area contributed by atoms with Gasteiger partial charge < -0.3 is 4.74 Å². The van der Waals surface area contributed by atoms with E-state index in [4.69, 9.17) is 4.74 Å². The molecule has 0 aliphatic carbocycles. The maximum absolute atomic E-state index is 11.7. The van der Waals surface area contributed by atoms with Gasteiger partial charge in [0.15, 0.2) is 9.84 Å². The molecule has 2 rings (SSSR count). The number of carbonyl (C=O) groups excluding carboxylic acids is 1. The van der Waals surface area contributed by atoms with Crippen LogP contribution in [0.25, 0.3) is 0 Å². The van der Waals surface area contributed by atoms with Gasteiger partial charge in [0.1, 0.15) is 11.4 Å². The summed E-state index contributed by atoms with van der Waals surface area (Å²) in [6.45, 7) is 0. The number of ether oxygens (including phenoxy) is 1. The van der Waals surface area contributed by atoms with Crippen molar-refractivity contribution in [2.24, 2.45) is 0 Å². The van der Waals surface area contributed by atoms with E-state index in [-0.39, 0.29) is 12.4 Å². The van der Waals surface area contributed by atoms with Crippen molar-refractivity contribution in [1.29, 1.82) is 0 Å². The maximum Gasteiger partial charge on any atom is 0.306 e. The zero-order valence-electron chi connectivity index (χ0n) is 9.50. The standard InChI is InChI=1S/C12H14O4S/c1-17(14,15)10-7-8-11(13)16-12(10)9-5-3-2-4-6-9/h2-6,10,12H,7-8H2,1H3/t10-,12-/m1/s1. The molecule has 2 atom stereocenters. The van der Waals surface area contributed by atoms with Gasteiger partial charge in [0.25, 0.3) is 0 Å². The molecule has 0 bridgehead atoms. The van der Waals surface area contributed by atoms with Gasteiger partial charge in [0, 0.05) is 12.7 Å². The number of esters is 1. The van der Waals surface area contributed by atoms with E-state index in [1.807, 2.05) is 6.07 Å². The highest BCUT2D eigenvalue weighted by atomic mass is 32.2. The van der Waals surface area contributed by atoms with Crippen LogP contribution >= 0.6 is 0 Å². The van der Waals surface area contributed by atoms with Crippen molar-refractivity contribution in [1.82, 2.24) is 0 Å². The normalized spacial score (nSPS) is 25.4. The Hall–Kier alpha value is -1.36. The van der Waals surface area contributed by atoms with E-state index in [0.29, 0.717) is 6.42 Å². The van der Waals surface area contributed by atoms with Gasteiger partial charge in [-0.15, -0.1) is 0 Å². The van der Waals surface area contributed by atoms with Gasteiger partial charge in [-0.2, -0.15) is 0 Å². The lowest BCUT2D eigenvalue weighted by Crippen LogP contribution is -2.35. The second kappa shape index (κ2) is 4.49. The summed E-state index contributed by atoms with van der Waals surface area (Å²) in [5.41, 5.74) is 0.732.